The molecule has 0 bridgehead atoms. The molecule has 0 aliphatic heterocycles. The molecule has 14 heavy (non-hydrogen) atoms. The first-order valence-corrected chi connectivity index (χ1v) is 4.04. The van der Waals surface area contributed by atoms with Crippen LogP contribution in [-0.2, 0) is 6.18 Å². The number of hydrogen-bond donors (Lipinski definition) is 2. The lowest BCUT2D eigenvalue weighted by molar-refractivity contribution is -0.136. The molecule has 0 fully saturated rings. The van der Waals surface area contributed by atoms with E-state index in [2.05, 4.69) is 0 Å². The summed E-state index contributed by atoms with van der Waals surface area (Å²) in [6.07, 6.45) is -4.42. The molecule has 1 aromatic carbocycles. The van der Waals surface area contributed by atoms with E-state index < -0.39 is 17.8 Å². The number of rotatable bonds is 1. The van der Waals surface area contributed by atoms with E-state index in [9.17, 15) is 13.2 Å². The number of nitrogen functional groups attached to an aromatic ring is 1. The molecule has 5 heteroatoms. The Morgan fingerprint density at radius 3 is 2.29 bits per heavy atom. The highest BCUT2D eigenvalue weighted by molar-refractivity contribution is 5.50. The zero-order valence-corrected chi connectivity index (χ0v) is 7.60. The summed E-state index contributed by atoms with van der Waals surface area (Å²) >= 11 is 0. The molecule has 0 aliphatic rings. The van der Waals surface area contributed by atoms with Gasteiger partial charge in [0.1, 0.15) is 0 Å². The van der Waals surface area contributed by atoms with Gasteiger partial charge in [-0.25, -0.2) is 0 Å². The van der Waals surface area contributed by atoms with E-state index in [1.54, 1.807) is 6.92 Å². The zero-order chi connectivity index (χ0) is 10.9. The summed E-state index contributed by atoms with van der Waals surface area (Å²) in [4.78, 5) is 0. The standard InChI is InChI=1S/C9H11F3N2/c1-5(13)6-2-3-8(14)7(4-6)9(10,11)12/h2-5H,13-14H2,1H3/t5-/m0/s1. The molecule has 1 rings (SSSR count). The van der Waals surface area contributed by atoms with Crippen LogP contribution in [0, 0.1) is 0 Å². The zero-order valence-electron chi connectivity index (χ0n) is 7.60. The van der Waals surface area contributed by atoms with Crippen molar-refractivity contribution in [3.63, 3.8) is 0 Å². The third-order valence-electron chi connectivity index (χ3n) is 1.91. The summed E-state index contributed by atoms with van der Waals surface area (Å²) in [6, 6.07) is 3.27. The number of alkyl halides is 3. The van der Waals surface area contributed by atoms with Crippen molar-refractivity contribution in [1.29, 1.82) is 0 Å². The monoisotopic (exact) mass is 204 g/mol. The van der Waals surface area contributed by atoms with E-state index in [4.69, 9.17) is 11.5 Å². The fourth-order valence-electron chi connectivity index (χ4n) is 1.10. The Hall–Kier alpha value is -1.23. The van der Waals surface area contributed by atoms with Gasteiger partial charge in [0, 0.05) is 11.7 Å². The van der Waals surface area contributed by atoms with Crippen LogP contribution in [-0.4, -0.2) is 0 Å². The third kappa shape index (κ3) is 2.17. The van der Waals surface area contributed by atoms with Crippen LogP contribution < -0.4 is 11.5 Å². The topological polar surface area (TPSA) is 52.0 Å². The molecule has 0 amide bonds. The van der Waals surface area contributed by atoms with Gasteiger partial charge >= 0.3 is 6.18 Å². The normalized spacial score (nSPS) is 14.1. The van der Waals surface area contributed by atoms with E-state index in [1.807, 2.05) is 0 Å². The minimum atomic E-state index is -4.42. The smallest absolute Gasteiger partial charge is 0.398 e. The quantitative estimate of drug-likeness (QED) is 0.689. The van der Waals surface area contributed by atoms with Crippen molar-refractivity contribution in [2.75, 3.05) is 5.73 Å². The average Bonchev–Trinajstić information content (AvgIpc) is 2.02. The largest absolute Gasteiger partial charge is 0.418 e. The van der Waals surface area contributed by atoms with Crippen LogP contribution in [0.25, 0.3) is 0 Å². The van der Waals surface area contributed by atoms with E-state index in [1.165, 1.54) is 12.1 Å². The summed E-state index contributed by atoms with van der Waals surface area (Å²) < 4.78 is 37.1. The molecule has 1 atom stereocenters. The lowest BCUT2D eigenvalue weighted by atomic mass is 10.0. The van der Waals surface area contributed by atoms with Gasteiger partial charge in [-0.05, 0) is 24.6 Å². The molecule has 0 radical (unpaired) electrons. The van der Waals surface area contributed by atoms with Crippen molar-refractivity contribution < 1.29 is 13.2 Å². The lowest BCUT2D eigenvalue weighted by Crippen LogP contribution is -2.12. The van der Waals surface area contributed by atoms with Gasteiger partial charge in [0.25, 0.3) is 0 Å². The molecule has 2 nitrogen and oxygen atoms in total. The van der Waals surface area contributed by atoms with Gasteiger partial charge in [0.15, 0.2) is 0 Å². The van der Waals surface area contributed by atoms with Crippen LogP contribution >= 0.6 is 0 Å². The van der Waals surface area contributed by atoms with Gasteiger partial charge in [-0.3, -0.25) is 0 Å². The number of hydrogen-bond acceptors (Lipinski definition) is 2. The molecule has 0 saturated heterocycles. The molecule has 4 N–H and O–H groups in total. The summed E-state index contributed by atoms with van der Waals surface area (Å²) in [5.74, 6) is 0. The van der Waals surface area contributed by atoms with E-state index in [-0.39, 0.29) is 5.69 Å². The Balaban J connectivity index is 3.22. The SMILES string of the molecule is C[C@H](N)c1ccc(N)c(C(F)(F)F)c1. The van der Waals surface area contributed by atoms with Gasteiger partial charge in [-0.15, -0.1) is 0 Å². The van der Waals surface area contributed by atoms with E-state index in [0.717, 1.165) is 6.07 Å². The van der Waals surface area contributed by atoms with Crippen LogP contribution in [0.3, 0.4) is 0 Å². The fraction of sp³-hybridized carbons (Fsp3) is 0.333. The first kappa shape index (κ1) is 10.8. The molecule has 0 saturated carbocycles. The van der Waals surface area contributed by atoms with Crippen LogP contribution in [0.4, 0.5) is 18.9 Å². The van der Waals surface area contributed by atoms with Crippen LogP contribution in [0.1, 0.15) is 24.1 Å². The van der Waals surface area contributed by atoms with Gasteiger partial charge in [-0.1, -0.05) is 6.07 Å². The van der Waals surface area contributed by atoms with Crippen molar-refractivity contribution in [3.05, 3.63) is 29.3 Å². The Morgan fingerprint density at radius 2 is 1.86 bits per heavy atom. The molecule has 78 valence electrons. The van der Waals surface area contributed by atoms with Crippen molar-refractivity contribution in [1.82, 2.24) is 0 Å². The average molecular weight is 204 g/mol. The Bertz CT molecular complexity index is 331. The lowest BCUT2D eigenvalue weighted by Gasteiger charge is -2.13. The first-order chi connectivity index (χ1) is 6.32. The van der Waals surface area contributed by atoms with Crippen molar-refractivity contribution in [2.24, 2.45) is 5.73 Å². The summed E-state index contributed by atoms with van der Waals surface area (Å²) in [5.41, 5.74) is 10.0. The van der Waals surface area contributed by atoms with Gasteiger partial charge < -0.3 is 11.5 Å². The van der Waals surface area contributed by atoms with E-state index >= 15 is 0 Å². The summed E-state index contributed by atoms with van der Waals surface area (Å²) in [7, 11) is 0. The predicted octanol–water partition coefficient (Wildman–Crippen LogP) is 2.31. The minimum absolute atomic E-state index is 0.276. The van der Waals surface area contributed by atoms with Gasteiger partial charge in [0.2, 0.25) is 0 Å². The maximum Gasteiger partial charge on any atom is 0.418 e. The second-order valence-corrected chi connectivity index (χ2v) is 3.13. The number of benzene rings is 1. The number of anilines is 1. The van der Waals surface area contributed by atoms with Crippen molar-refractivity contribution >= 4 is 5.69 Å². The number of nitrogens with two attached hydrogens (primary N) is 2. The molecular weight excluding hydrogens is 193 g/mol. The maximum atomic E-state index is 12.4. The maximum absolute atomic E-state index is 12.4. The summed E-state index contributed by atoms with van der Waals surface area (Å²) in [6.45, 7) is 1.62. The van der Waals surface area contributed by atoms with Crippen LogP contribution in [0.5, 0.6) is 0 Å². The second kappa shape index (κ2) is 3.49. The van der Waals surface area contributed by atoms with E-state index in [0.29, 0.717) is 5.56 Å². The third-order valence-corrected chi connectivity index (χ3v) is 1.91. The molecule has 0 heterocycles. The molecule has 0 aromatic heterocycles. The molecule has 1 aromatic rings. The Labute approximate surface area is 79.7 Å². The van der Waals surface area contributed by atoms with Crippen LogP contribution in [0.2, 0.25) is 0 Å². The minimum Gasteiger partial charge on any atom is -0.398 e. The molecular formula is C9H11F3N2. The Morgan fingerprint density at radius 1 is 1.29 bits per heavy atom. The van der Waals surface area contributed by atoms with Gasteiger partial charge in [-0.2, -0.15) is 13.2 Å². The van der Waals surface area contributed by atoms with Gasteiger partial charge in [0.05, 0.1) is 5.56 Å². The highest BCUT2D eigenvalue weighted by atomic mass is 19.4. The highest BCUT2D eigenvalue weighted by Gasteiger charge is 2.33. The molecule has 0 aliphatic carbocycles. The van der Waals surface area contributed by atoms with Crippen LogP contribution in [0.15, 0.2) is 18.2 Å². The van der Waals surface area contributed by atoms with Crippen molar-refractivity contribution in [2.45, 2.75) is 19.1 Å². The first-order valence-electron chi connectivity index (χ1n) is 4.04. The molecule has 0 spiro atoms. The van der Waals surface area contributed by atoms with Crippen molar-refractivity contribution in [3.8, 4) is 0 Å². The second-order valence-electron chi connectivity index (χ2n) is 3.13. The summed E-state index contributed by atoms with van der Waals surface area (Å²) in [5, 5.41) is 0. The predicted molar refractivity (Wildman–Crippen MR) is 48.5 cm³/mol. The highest BCUT2D eigenvalue weighted by Crippen LogP contribution is 2.34. The molecule has 0 unspecified atom stereocenters. The number of halogens is 3. The Kier molecular flexibility index (Phi) is 2.71. The fourth-order valence-corrected chi connectivity index (χ4v) is 1.10.